The smallest absolute Gasteiger partial charge is 0.272 e. The zero-order valence-electron chi connectivity index (χ0n) is 11.9. The van der Waals surface area contributed by atoms with Crippen LogP contribution in [0.15, 0.2) is 18.2 Å². The number of benzene rings is 1. The molecule has 1 aromatic carbocycles. The van der Waals surface area contributed by atoms with Crippen molar-refractivity contribution >= 4 is 11.6 Å². The third-order valence-corrected chi connectivity index (χ3v) is 2.97. The summed E-state index contributed by atoms with van der Waals surface area (Å²) in [5, 5.41) is 22.7. The van der Waals surface area contributed by atoms with Gasteiger partial charge in [0.05, 0.1) is 17.6 Å². The number of aliphatic hydroxyl groups is 1. The Morgan fingerprint density at radius 2 is 2.10 bits per heavy atom. The second-order valence-corrected chi connectivity index (χ2v) is 5.24. The summed E-state index contributed by atoms with van der Waals surface area (Å²) in [6.45, 7) is 5.47. The third kappa shape index (κ3) is 4.31. The quantitative estimate of drug-likeness (QED) is 0.616. The molecule has 20 heavy (non-hydrogen) atoms. The van der Waals surface area contributed by atoms with E-state index in [-0.39, 0.29) is 24.2 Å². The highest BCUT2D eigenvalue weighted by Crippen LogP contribution is 2.19. The Bertz CT molecular complexity index is 500. The Kier molecular flexibility index (Phi) is 5.64. The number of aryl methyl sites for hydroxylation is 1. The van der Waals surface area contributed by atoms with E-state index in [4.69, 9.17) is 0 Å². The molecular weight excluding hydrogens is 260 g/mol. The maximum atomic E-state index is 12.0. The van der Waals surface area contributed by atoms with Crippen LogP contribution in [0.1, 0.15) is 36.2 Å². The molecule has 6 heteroatoms. The zero-order valence-corrected chi connectivity index (χ0v) is 11.9. The summed E-state index contributed by atoms with van der Waals surface area (Å²) in [4.78, 5) is 22.3. The van der Waals surface area contributed by atoms with Gasteiger partial charge in [0.1, 0.15) is 0 Å². The van der Waals surface area contributed by atoms with Gasteiger partial charge in [-0.3, -0.25) is 14.9 Å². The van der Waals surface area contributed by atoms with Crippen LogP contribution in [0.25, 0.3) is 0 Å². The van der Waals surface area contributed by atoms with E-state index in [1.165, 1.54) is 18.2 Å². The van der Waals surface area contributed by atoms with Crippen LogP contribution in [0.3, 0.4) is 0 Å². The van der Waals surface area contributed by atoms with E-state index in [2.05, 4.69) is 5.32 Å². The summed E-state index contributed by atoms with van der Waals surface area (Å²) in [5.74, 6) is 0.0220. The predicted octanol–water partition coefficient (Wildman–Crippen LogP) is 2.04. The highest BCUT2D eigenvalue weighted by Gasteiger charge is 2.17. The van der Waals surface area contributed by atoms with Gasteiger partial charge in [0.15, 0.2) is 0 Å². The monoisotopic (exact) mass is 280 g/mol. The first-order valence-electron chi connectivity index (χ1n) is 6.52. The van der Waals surface area contributed by atoms with Gasteiger partial charge in [-0.25, -0.2) is 0 Å². The van der Waals surface area contributed by atoms with Gasteiger partial charge in [0, 0.05) is 17.2 Å². The van der Waals surface area contributed by atoms with Crippen molar-refractivity contribution in [3.05, 3.63) is 39.4 Å². The molecule has 110 valence electrons. The van der Waals surface area contributed by atoms with Gasteiger partial charge >= 0.3 is 0 Å². The minimum atomic E-state index is -0.480. The van der Waals surface area contributed by atoms with E-state index >= 15 is 0 Å². The van der Waals surface area contributed by atoms with E-state index < -0.39 is 4.92 Å². The molecule has 1 aromatic rings. The Balaban J connectivity index is 2.82. The molecule has 1 unspecified atom stereocenters. The molecule has 0 fully saturated rings. The van der Waals surface area contributed by atoms with Crippen LogP contribution >= 0.6 is 0 Å². The van der Waals surface area contributed by atoms with Crippen LogP contribution in [0.4, 0.5) is 5.69 Å². The minimum Gasteiger partial charge on any atom is -0.394 e. The molecule has 0 aromatic heterocycles. The first-order valence-corrected chi connectivity index (χ1v) is 6.52. The van der Waals surface area contributed by atoms with E-state index in [1.54, 1.807) is 6.92 Å². The van der Waals surface area contributed by atoms with Gasteiger partial charge in [-0.1, -0.05) is 13.8 Å². The topological polar surface area (TPSA) is 92.5 Å². The molecule has 1 amide bonds. The van der Waals surface area contributed by atoms with Gasteiger partial charge < -0.3 is 10.4 Å². The standard InChI is InChI=1S/C14H20N2O4/c1-9(2)6-12(8-17)15-14(18)11-4-5-13(16(19)20)10(3)7-11/h4-5,7,9,12,17H,6,8H2,1-3H3,(H,15,18). The fourth-order valence-corrected chi connectivity index (χ4v) is 2.02. The van der Waals surface area contributed by atoms with Crippen molar-refractivity contribution in [2.75, 3.05) is 6.61 Å². The lowest BCUT2D eigenvalue weighted by Gasteiger charge is -2.18. The van der Waals surface area contributed by atoms with Crippen molar-refractivity contribution in [2.45, 2.75) is 33.2 Å². The number of nitro benzene ring substituents is 1. The molecule has 6 nitrogen and oxygen atoms in total. The molecule has 0 bridgehead atoms. The van der Waals surface area contributed by atoms with Gasteiger partial charge in [-0.05, 0) is 31.4 Å². The molecule has 0 aliphatic carbocycles. The fourth-order valence-electron chi connectivity index (χ4n) is 2.02. The van der Waals surface area contributed by atoms with E-state index in [1.807, 2.05) is 13.8 Å². The number of hydrogen-bond acceptors (Lipinski definition) is 4. The van der Waals surface area contributed by atoms with Crippen molar-refractivity contribution < 1.29 is 14.8 Å². The lowest BCUT2D eigenvalue weighted by molar-refractivity contribution is -0.385. The Morgan fingerprint density at radius 1 is 1.45 bits per heavy atom. The predicted molar refractivity (Wildman–Crippen MR) is 75.6 cm³/mol. The highest BCUT2D eigenvalue weighted by molar-refractivity contribution is 5.94. The number of carbonyl (C=O) groups is 1. The number of carbonyl (C=O) groups excluding carboxylic acids is 1. The van der Waals surface area contributed by atoms with Crippen molar-refractivity contribution in [1.29, 1.82) is 0 Å². The van der Waals surface area contributed by atoms with E-state index in [0.29, 0.717) is 23.5 Å². The molecule has 0 aliphatic heterocycles. The lowest BCUT2D eigenvalue weighted by atomic mass is 10.0. The van der Waals surface area contributed by atoms with E-state index in [9.17, 15) is 20.0 Å². The molecule has 0 radical (unpaired) electrons. The van der Waals surface area contributed by atoms with Crippen LogP contribution in [0.5, 0.6) is 0 Å². The summed E-state index contributed by atoms with van der Waals surface area (Å²) in [5.41, 5.74) is 0.782. The van der Waals surface area contributed by atoms with Crippen LogP contribution in [-0.4, -0.2) is 28.6 Å². The summed E-state index contributed by atoms with van der Waals surface area (Å²) in [7, 11) is 0. The lowest BCUT2D eigenvalue weighted by Crippen LogP contribution is -2.38. The van der Waals surface area contributed by atoms with Crippen molar-refractivity contribution in [3.8, 4) is 0 Å². The van der Waals surface area contributed by atoms with E-state index in [0.717, 1.165) is 0 Å². The van der Waals surface area contributed by atoms with Crippen LogP contribution in [0.2, 0.25) is 0 Å². The van der Waals surface area contributed by atoms with Gasteiger partial charge in [0.2, 0.25) is 0 Å². The van der Waals surface area contributed by atoms with Crippen LogP contribution in [-0.2, 0) is 0 Å². The van der Waals surface area contributed by atoms with Crippen molar-refractivity contribution in [3.63, 3.8) is 0 Å². The van der Waals surface area contributed by atoms with Gasteiger partial charge in [0.25, 0.3) is 11.6 Å². The third-order valence-electron chi connectivity index (χ3n) is 2.97. The minimum absolute atomic E-state index is 0.0116. The first-order chi connectivity index (χ1) is 9.35. The largest absolute Gasteiger partial charge is 0.394 e. The normalized spacial score (nSPS) is 12.2. The number of aliphatic hydroxyl groups excluding tert-OH is 1. The van der Waals surface area contributed by atoms with Gasteiger partial charge in [-0.2, -0.15) is 0 Å². The number of nitrogens with one attached hydrogen (secondary N) is 1. The molecule has 2 N–H and O–H groups in total. The molecular formula is C14H20N2O4. The number of nitro groups is 1. The van der Waals surface area contributed by atoms with Crippen LogP contribution in [0, 0.1) is 23.0 Å². The van der Waals surface area contributed by atoms with Crippen LogP contribution < -0.4 is 5.32 Å². The molecule has 0 heterocycles. The Hall–Kier alpha value is -1.95. The molecule has 0 aliphatic rings. The number of nitrogens with zero attached hydrogens (tertiary/aromatic N) is 1. The molecule has 1 atom stereocenters. The molecule has 1 rings (SSSR count). The van der Waals surface area contributed by atoms with Crippen molar-refractivity contribution in [2.24, 2.45) is 5.92 Å². The number of hydrogen-bond donors (Lipinski definition) is 2. The Labute approximate surface area is 118 Å². The maximum Gasteiger partial charge on any atom is 0.272 e. The SMILES string of the molecule is Cc1cc(C(=O)NC(CO)CC(C)C)ccc1[N+](=O)[O-]. The second kappa shape index (κ2) is 7.00. The maximum absolute atomic E-state index is 12.0. The summed E-state index contributed by atoms with van der Waals surface area (Å²) in [6, 6.07) is 3.92. The summed E-state index contributed by atoms with van der Waals surface area (Å²) < 4.78 is 0. The molecule has 0 saturated heterocycles. The van der Waals surface area contributed by atoms with Crippen molar-refractivity contribution in [1.82, 2.24) is 5.32 Å². The fraction of sp³-hybridized carbons (Fsp3) is 0.500. The zero-order chi connectivity index (χ0) is 15.3. The first kappa shape index (κ1) is 16.1. The summed E-state index contributed by atoms with van der Waals surface area (Å²) in [6.07, 6.45) is 0.675. The number of amides is 1. The molecule has 0 saturated carbocycles. The molecule has 0 spiro atoms. The average Bonchev–Trinajstić information content (AvgIpc) is 2.36. The number of rotatable bonds is 6. The Morgan fingerprint density at radius 3 is 2.55 bits per heavy atom. The highest BCUT2D eigenvalue weighted by atomic mass is 16.6. The van der Waals surface area contributed by atoms with Gasteiger partial charge in [-0.15, -0.1) is 0 Å². The average molecular weight is 280 g/mol. The second-order valence-electron chi connectivity index (χ2n) is 5.24. The summed E-state index contributed by atoms with van der Waals surface area (Å²) >= 11 is 0.